The first kappa shape index (κ1) is 10.8. The maximum atomic E-state index is 10.9. The first-order chi connectivity index (χ1) is 7.75. The quantitative estimate of drug-likeness (QED) is 0.740. The summed E-state index contributed by atoms with van der Waals surface area (Å²) in [4.78, 5) is 10.9. The van der Waals surface area contributed by atoms with E-state index >= 15 is 0 Å². The summed E-state index contributed by atoms with van der Waals surface area (Å²) in [7, 11) is 0. The van der Waals surface area contributed by atoms with Gasteiger partial charge >= 0.3 is 0 Å². The number of nitrogens with one attached hydrogen (secondary N) is 2. The van der Waals surface area contributed by atoms with Gasteiger partial charge in [-0.15, -0.1) is 0 Å². The summed E-state index contributed by atoms with van der Waals surface area (Å²) < 4.78 is 0. The normalized spacial score (nSPS) is 12.3. The minimum absolute atomic E-state index is 0.268. The van der Waals surface area contributed by atoms with E-state index in [0.29, 0.717) is 12.2 Å². The molecule has 2 rings (SSSR count). The Hall–Kier alpha value is -1.66. The average Bonchev–Trinajstić information content (AvgIpc) is 2.79. The fourth-order valence-electron chi connectivity index (χ4n) is 1.27. The minimum Gasteiger partial charge on any atom is -0.387 e. The van der Waals surface area contributed by atoms with E-state index in [9.17, 15) is 9.90 Å². The molecule has 0 saturated carbocycles. The molecule has 0 bridgehead atoms. The van der Waals surface area contributed by atoms with Crippen LogP contribution in [-0.2, 0) is 0 Å². The Morgan fingerprint density at radius 3 is 3.19 bits per heavy atom. The number of aromatic nitrogens is 2. The third-order valence-electron chi connectivity index (χ3n) is 2.09. The predicted octanol–water partition coefficient (Wildman–Crippen LogP) is 0.977. The van der Waals surface area contributed by atoms with E-state index < -0.39 is 6.10 Å². The molecule has 0 fully saturated rings. The van der Waals surface area contributed by atoms with Gasteiger partial charge in [0.15, 0.2) is 0 Å². The minimum atomic E-state index is -0.578. The number of H-pyrrole nitrogens is 1. The van der Waals surface area contributed by atoms with E-state index in [1.54, 1.807) is 0 Å². The van der Waals surface area contributed by atoms with E-state index in [0.717, 1.165) is 5.56 Å². The highest BCUT2D eigenvalue weighted by atomic mass is 32.1. The van der Waals surface area contributed by atoms with Crippen LogP contribution in [-0.4, -0.2) is 21.8 Å². The summed E-state index contributed by atoms with van der Waals surface area (Å²) in [6.45, 7) is 0.349. The van der Waals surface area contributed by atoms with Gasteiger partial charge in [0.05, 0.1) is 18.0 Å². The van der Waals surface area contributed by atoms with E-state index in [1.165, 1.54) is 23.6 Å². The van der Waals surface area contributed by atoms with Crippen LogP contribution in [0.3, 0.4) is 0 Å². The Balaban J connectivity index is 1.95. The van der Waals surface area contributed by atoms with Crippen molar-refractivity contribution >= 4 is 17.0 Å². The van der Waals surface area contributed by atoms with Crippen molar-refractivity contribution in [3.63, 3.8) is 0 Å². The van der Waals surface area contributed by atoms with Crippen LogP contribution < -0.4 is 10.9 Å². The van der Waals surface area contributed by atoms with Crippen molar-refractivity contribution in [2.45, 2.75) is 6.10 Å². The number of aromatic amines is 1. The van der Waals surface area contributed by atoms with E-state index in [1.807, 2.05) is 16.8 Å². The summed E-state index contributed by atoms with van der Waals surface area (Å²) in [5.74, 6) is 0. The second kappa shape index (κ2) is 4.91. The molecule has 0 amide bonds. The van der Waals surface area contributed by atoms with Crippen molar-refractivity contribution in [3.05, 3.63) is 45.0 Å². The van der Waals surface area contributed by atoms with E-state index in [-0.39, 0.29) is 5.56 Å². The molecule has 2 heterocycles. The van der Waals surface area contributed by atoms with Crippen molar-refractivity contribution in [1.29, 1.82) is 0 Å². The maximum Gasteiger partial charge on any atom is 0.266 e. The molecular weight excluding hydrogens is 226 g/mol. The zero-order valence-electron chi connectivity index (χ0n) is 8.38. The summed E-state index contributed by atoms with van der Waals surface area (Å²) in [6.07, 6.45) is 0.924. The van der Waals surface area contributed by atoms with Crippen molar-refractivity contribution in [3.8, 4) is 0 Å². The highest BCUT2D eigenvalue weighted by Crippen LogP contribution is 2.16. The molecule has 2 aromatic rings. The average molecular weight is 237 g/mol. The lowest BCUT2D eigenvalue weighted by Crippen LogP contribution is -2.14. The highest BCUT2D eigenvalue weighted by molar-refractivity contribution is 7.07. The van der Waals surface area contributed by atoms with Crippen LogP contribution in [0.1, 0.15) is 11.7 Å². The number of nitrogens with zero attached hydrogens (tertiary/aromatic N) is 1. The van der Waals surface area contributed by atoms with E-state index in [2.05, 4.69) is 15.5 Å². The number of aliphatic hydroxyl groups excluding tert-OH is 1. The zero-order chi connectivity index (χ0) is 11.4. The van der Waals surface area contributed by atoms with E-state index in [4.69, 9.17) is 0 Å². The van der Waals surface area contributed by atoms with Crippen molar-refractivity contribution in [2.75, 3.05) is 11.9 Å². The van der Waals surface area contributed by atoms with Crippen LogP contribution in [0, 0.1) is 0 Å². The Morgan fingerprint density at radius 2 is 2.50 bits per heavy atom. The first-order valence-electron chi connectivity index (χ1n) is 4.74. The summed E-state index contributed by atoms with van der Waals surface area (Å²) in [6, 6.07) is 3.26. The number of hydrogen-bond acceptors (Lipinski definition) is 5. The van der Waals surface area contributed by atoms with Crippen LogP contribution in [0.5, 0.6) is 0 Å². The van der Waals surface area contributed by atoms with Gasteiger partial charge in [0.1, 0.15) is 0 Å². The van der Waals surface area contributed by atoms with Crippen molar-refractivity contribution in [2.24, 2.45) is 0 Å². The topological polar surface area (TPSA) is 78.0 Å². The highest BCUT2D eigenvalue weighted by Gasteiger charge is 2.07. The Kier molecular flexibility index (Phi) is 3.33. The molecular formula is C10H11N3O2S. The lowest BCUT2D eigenvalue weighted by Gasteiger charge is -2.10. The molecule has 6 heteroatoms. The molecule has 0 radical (unpaired) electrons. The molecule has 0 aliphatic rings. The largest absolute Gasteiger partial charge is 0.387 e. The van der Waals surface area contributed by atoms with Crippen LogP contribution >= 0.6 is 11.3 Å². The molecule has 0 spiro atoms. The van der Waals surface area contributed by atoms with Gasteiger partial charge in [-0.25, -0.2) is 5.10 Å². The third kappa shape index (κ3) is 2.68. The smallest absolute Gasteiger partial charge is 0.266 e. The monoisotopic (exact) mass is 237 g/mol. The summed E-state index contributed by atoms with van der Waals surface area (Å²) in [5.41, 5.74) is 1.20. The molecule has 0 aliphatic heterocycles. The van der Waals surface area contributed by atoms with Gasteiger partial charge in [0, 0.05) is 12.6 Å². The van der Waals surface area contributed by atoms with Gasteiger partial charge < -0.3 is 10.4 Å². The number of hydrogen-bond donors (Lipinski definition) is 3. The fraction of sp³-hybridized carbons (Fsp3) is 0.200. The first-order valence-corrected chi connectivity index (χ1v) is 5.69. The number of aliphatic hydroxyl groups is 1. The van der Waals surface area contributed by atoms with Gasteiger partial charge in [-0.3, -0.25) is 4.79 Å². The molecule has 1 atom stereocenters. The van der Waals surface area contributed by atoms with Crippen molar-refractivity contribution in [1.82, 2.24) is 10.2 Å². The van der Waals surface area contributed by atoms with Gasteiger partial charge in [0.2, 0.25) is 0 Å². The molecule has 1 unspecified atom stereocenters. The molecule has 2 aromatic heterocycles. The summed E-state index contributed by atoms with van der Waals surface area (Å²) >= 11 is 1.54. The zero-order valence-corrected chi connectivity index (χ0v) is 9.20. The Morgan fingerprint density at radius 1 is 1.62 bits per heavy atom. The van der Waals surface area contributed by atoms with Crippen LogP contribution in [0.15, 0.2) is 33.9 Å². The second-order valence-electron chi connectivity index (χ2n) is 3.29. The van der Waals surface area contributed by atoms with Gasteiger partial charge in [0.25, 0.3) is 5.56 Å². The standard InChI is InChI=1S/C10H11N3O2S/c14-9(7-1-2-16-6-7)5-11-8-3-10(15)13-12-4-8/h1-4,6,9,14H,5H2,(H2,11,13,15). The molecule has 0 aromatic carbocycles. The summed E-state index contributed by atoms with van der Waals surface area (Å²) in [5, 5.41) is 22.5. The maximum absolute atomic E-state index is 10.9. The Labute approximate surface area is 95.8 Å². The van der Waals surface area contributed by atoms with Gasteiger partial charge in [-0.05, 0) is 22.4 Å². The molecule has 0 saturated heterocycles. The number of rotatable bonds is 4. The second-order valence-corrected chi connectivity index (χ2v) is 4.07. The van der Waals surface area contributed by atoms with Gasteiger partial charge in [-0.2, -0.15) is 16.4 Å². The lowest BCUT2D eigenvalue weighted by molar-refractivity contribution is 0.192. The number of anilines is 1. The molecule has 5 nitrogen and oxygen atoms in total. The molecule has 84 valence electrons. The SMILES string of the molecule is O=c1cc(NCC(O)c2ccsc2)cn[nH]1. The van der Waals surface area contributed by atoms with Crippen LogP contribution in [0.2, 0.25) is 0 Å². The van der Waals surface area contributed by atoms with Crippen molar-refractivity contribution < 1.29 is 5.11 Å². The molecule has 16 heavy (non-hydrogen) atoms. The fourth-order valence-corrected chi connectivity index (χ4v) is 1.98. The van der Waals surface area contributed by atoms with Crippen LogP contribution in [0.25, 0.3) is 0 Å². The Bertz CT molecular complexity index is 495. The van der Waals surface area contributed by atoms with Gasteiger partial charge in [-0.1, -0.05) is 0 Å². The molecule has 3 N–H and O–H groups in total. The number of thiophene rings is 1. The molecule has 0 aliphatic carbocycles. The lowest BCUT2D eigenvalue weighted by atomic mass is 10.2. The predicted molar refractivity (Wildman–Crippen MR) is 62.6 cm³/mol. The third-order valence-corrected chi connectivity index (χ3v) is 2.79. The van der Waals surface area contributed by atoms with Crippen LogP contribution in [0.4, 0.5) is 5.69 Å².